The largest absolute Gasteiger partial charge is 0.453 e. The number of carbonyl (C=O) groups excluding carboxylic acids is 1. The van der Waals surface area contributed by atoms with Crippen LogP contribution in [0, 0.1) is 17.1 Å². The van der Waals surface area contributed by atoms with Crippen LogP contribution in [0.4, 0.5) is 14.9 Å². The molecule has 2 aliphatic heterocycles. The lowest BCUT2D eigenvalue weighted by Crippen LogP contribution is -2.48. The lowest BCUT2D eigenvalue weighted by atomic mass is 9.87. The fourth-order valence-electron chi connectivity index (χ4n) is 5.75. The van der Waals surface area contributed by atoms with E-state index in [0.29, 0.717) is 44.5 Å². The van der Waals surface area contributed by atoms with E-state index >= 15 is 4.39 Å². The van der Waals surface area contributed by atoms with E-state index < -0.39 is 38.5 Å². The van der Waals surface area contributed by atoms with E-state index in [0.717, 1.165) is 16.4 Å². The number of nitriles is 1. The smallest absolute Gasteiger partial charge is 0.410 e. The highest BCUT2D eigenvalue weighted by Gasteiger charge is 2.45. The van der Waals surface area contributed by atoms with Gasteiger partial charge in [-0.25, -0.2) is 14.2 Å². The Kier molecular flexibility index (Phi) is 9.24. The van der Waals surface area contributed by atoms with E-state index in [1.807, 2.05) is 26.8 Å². The summed E-state index contributed by atoms with van der Waals surface area (Å²) in [5, 5.41) is 10.1. The number of aromatic nitrogens is 2. The summed E-state index contributed by atoms with van der Waals surface area (Å²) in [6.07, 6.45) is 2.88. The minimum absolute atomic E-state index is 0.0509. The predicted octanol–water partition coefficient (Wildman–Crippen LogP) is 5.32. The molecular weight excluding hydrogens is 643 g/mol. The van der Waals surface area contributed by atoms with Crippen LogP contribution in [-0.2, 0) is 19.7 Å². The second kappa shape index (κ2) is 12.6. The molecule has 13 nitrogen and oxygen atoms in total. The van der Waals surface area contributed by atoms with Crippen LogP contribution in [0.25, 0.3) is 10.9 Å². The topological polar surface area (TPSA) is 156 Å². The van der Waals surface area contributed by atoms with Crippen molar-refractivity contribution in [2.75, 3.05) is 31.5 Å². The molecule has 2 aliphatic rings. The summed E-state index contributed by atoms with van der Waals surface area (Å²) in [7, 11) is -2.72. The van der Waals surface area contributed by atoms with Crippen molar-refractivity contribution in [3.8, 4) is 17.6 Å². The Morgan fingerprint density at radius 1 is 1.17 bits per heavy atom. The number of nitrogens with one attached hydrogen (secondary N) is 1. The van der Waals surface area contributed by atoms with Crippen molar-refractivity contribution in [1.82, 2.24) is 18.8 Å². The summed E-state index contributed by atoms with van der Waals surface area (Å²) in [4.78, 5) is 32.4. The maximum absolute atomic E-state index is 15.1. The van der Waals surface area contributed by atoms with Crippen molar-refractivity contribution in [2.24, 2.45) is 0 Å². The van der Waals surface area contributed by atoms with Gasteiger partial charge in [-0.15, -0.1) is 0 Å². The second-order valence-electron chi connectivity index (χ2n) is 14.2. The van der Waals surface area contributed by atoms with E-state index in [1.54, 1.807) is 31.7 Å². The van der Waals surface area contributed by atoms with Crippen molar-refractivity contribution < 1.29 is 31.8 Å². The van der Waals surface area contributed by atoms with Crippen LogP contribution < -0.4 is 15.0 Å². The zero-order valence-electron chi connectivity index (χ0n) is 28.2. The van der Waals surface area contributed by atoms with Crippen LogP contribution in [0.2, 0.25) is 0 Å². The summed E-state index contributed by atoms with van der Waals surface area (Å²) in [5.74, 6) is -1.34. The summed E-state index contributed by atoms with van der Waals surface area (Å²) >= 11 is 0. The van der Waals surface area contributed by atoms with Gasteiger partial charge in [-0.1, -0.05) is 0 Å². The number of hydrogen-bond donors (Lipinski definition) is 1. The Labute approximate surface area is 279 Å². The highest BCUT2D eigenvalue weighted by molar-refractivity contribution is 7.90. The summed E-state index contributed by atoms with van der Waals surface area (Å²) in [6, 6.07) is 8.12. The lowest BCUT2D eigenvalue weighted by molar-refractivity contribution is -0.0486. The third-order valence-electron chi connectivity index (χ3n) is 8.65. The van der Waals surface area contributed by atoms with Gasteiger partial charge in [0.15, 0.2) is 11.6 Å². The Morgan fingerprint density at radius 3 is 2.48 bits per heavy atom. The maximum atomic E-state index is 15.1. The van der Waals surface area contributed by atoms with E-state index in [-0.39, 0.29) is 40.1 Å². The standard InChI is InChI=1S/C33H41FN6O7S/c1-31(2,3)38(7)48(43,44)37-27-11-9-25(34)28(24(27)18-35)46-22-8-10-26-23(16-22)29(41)40(20-36-26)21-17-33(45-19-21)12-14-39(15-13-33)30(42)47-32(4,5)6/h8-11,16,20-21,37H,12-15,17,19H2,1-7H3/t21-/m1/s1. The SMILES string of the molecule is CN(C(C)(C)C)S(=O)(=O)Nc1ccc(F)c(Oc2ccc3ncn([C@H]4COC5(CCN(C(=O)OC(C)(C)C)CC5)C4)c(=O)c3c2)c1C#N. The fourth-order valence-corrected chi connectivity index (χ4v) is 7.05. The zero-order chi connectivity index (χ0) is 35.2. The average Bonchev–Trinajstić information content (AvgIpc) is 3.40. The molecule has 48 heavy (non-hydrogen) atoms. The molecule has 1 amide bonds. The van der Waals surface area contributed by atoms with Crippen LogP contribution in [0.5, 0.6) is 11.5 Å². The highest BCUT2D eigenvalue weighted by Crippen LogP contribution is 2.41. The fraction of sp³-hybridized carbons (Fsp3) is 0.515. The molecule has 0 bridgehead atoms. The van der Waals surface area contributed by atoms with Gasteiger partial charge in [0.05, 0.1) is 41.2 Å². The molecular formula is C33H41FN6O7S. The van der Waals surface area contributed by atoms with Gasteiger partial charge in [0.25, 0.3) is 5.56 Å². The van der Waals surface area contributed by atoms with Crippen molar-refractivity contribution in [3.63, 3.8) is 0 Å². The third-order valence-corrected chi connectivity index (χ3v) is 10.4. The number of anilines is 1. The number of fused-ring (bicyclic) bond motifs is 1. The van der Waals surface area contributed by atoms with Gasteiger partial charge in [-0.3, -0.25) is 14.1 Å². The average molecular weight is 685 g/mol. The summed E-state index contributed by atoms with van der Waals surface area (Å²) < 4.78 is 63.5. The molecule has 2 fully saturated rings. The number of halogens is 1. The number of carbonyl (C=O) groups is 1. The van der Waals surface area contributed by atoms with Crippen LogP contribution >= 0.6 is 0 Å². The van der Waals surface area contributed by atoms with Gasteiger partial charge in [0, 0.05) is 25.7 Å². The van der Waals surface area contributed by atoms with Gasteiger partial charge in [0.2, 0.25) is 0 Å². The molecule has 5 rings (SSSR count). The van der Waals surface area contributed by atoms with Crippen LogP contribution in [0.3, 0.4) is 0 Å². The first-order valence-corrected chi connectivity index (χ1v) is 17.1. The van der Waals surface area contributed by atoms with Crippen LogP contribution in [0.1, 0.15) is 72.4 Å². The molecule has 1 aromatic heterocycles. The first-order valence-electron chi connectivity index (χ1n) is 15.6. The predicted molar refractivity (Wildman–Crippen MR) is 177 cm³/mol. The Bertz CT molecular complexity index is 1940. The van der Waals surface area contributed by atoms with E-state index in [2.05, 4.69) is 9.71 Å². The number of likely N-dealkylation sites (tertiary alicyclic amines) is 1. The number of hydrogen-bond acceptors (Lipinski definition) is 9. The lowest BCUT2D eigenvalue weighted by Gasteiger charge is -2.39. The molecule has 1 N–H and O–H groups in total. The monoisotopic (exact) mass is 684 g/mol. The highest BCUT2D eigenvalue weighted by atomic mass is 32.2. The quantitative estimate of drug-likeness (QED) is 0.363. The van der Waals surface area contributed by atoms with Crippen molar-refractivity contribution >= 4 is 32.9 Å². The van der Waals surface area contributed by atoms with Gasteiger partial charge in [-0.05, 0) is 91.1 Å². The van der Waals surface area contributed by atoms with Crippen LogP contribution in [0.15, 0.2) is 41.5 Å². The molecule has 0 unspecified atom stereocenters. The summed E-state index contributed by atoms with van der Waals surface area (Å²) in [6.45, 7) is 11.8. The first kappa shape index (κ1) is 35.1. The zero-order valence-corrected chi connectivity index (χ0v) is 29.0. The number of benzene rings is 2. The normalized spacial score (nSPS) is 18.2. The molecule has 1 atom stereocenters. The molecule has 2 saturated heterocycles. The van der Waals surface area contributed by atoms with Crippen molar-refractivity contribution in [2.45, 2.75) is 83.6 Å². The molecule has 3 heterocycles. The third kappa shape index (κ3) is 7.25. The van der Waals surface area contributed by atoms with E-state index in [1.165, 1.54) is 30.1 Å². The molecule has 258 valence electrons. The molecule has 15 heteroatoms. The van der Waals surface area contributed by atoms with Gasteiger partial charge >= 0.3 is 16.3 Å². The van der Waals surface area contributed by atoms with Gasteiger partial charge in [-0.2, -0.15) is 18.0 Å². The number of piperidine rings is 1. The molecule has 0 radical (unpaired) electrons. The Morgan fingerprint density at radius 2 is 1.85 bits per heavy atom. The molecule has 1 spiro atoms. The van der Waals surface area contributed by atoms with E-state index in [4.69, 9.17) is 14.2 Å². The van der Waals surface area contributed by atoms with Gasteiger partial charge < -0.3 is 19.1 Å². The molecule has 0 saturated carbocycles. The van der Waals surface area contributed by atoms with Gasteiger partial charge in [0.1, 0.15) is 23.0 Å². The summed E-state index contributed by atoms with van der Waals surface area (Å²) in [5.41, 5.74) is -2.34. The molecule has 3 aromatic rings. The van der Waals surface area contributed by atoms with Crippen molar-refractivity contribution in [3.05, 3.63) is 58.4 Å². The number of nitrogens with zero attached hydrogens (tertiary/aromatic N) is 5. The van der Waals surface area contributed by atoms with Crippen LogP contribution in [-0.4, -0.2) is 76.8 Å². The number of amides is 1. The van der Waals surface area contributed by atoms with E-state index in [9.17, 15) is 23.3 Å². The molecule has 0 aliphatic carbocycles. The Balaban J connectivity index is 1.36. The minimum Gasteiger partial charge on any atom is -0.453 e. The first-order chi connectivity index (χ1) is 22.3. The molecule has 2 aromatic carbocycles. The maximum Gasteiger partial charge on any atom is 0.410 e. The number of ether oxygens (including phenoxy) is 3. The second-order valence-corrected chi connectivity index (χ2v) is 15.9. The van der Waals surface area contributed by atoms with Crippen molar-refractivity contribution in [1.29, 1.82) is 5.26 Å². The minimum atomic E-state index is -4.11. The Hall–Kier alpha value is -4.26. The number of rotatable bonds is 6.